The molecule has 178 valence electrons. The van der Waals surface area contributed by atoms with Gasteiger partial charge in [0.2, 0.25) is 0 Å². The Kier molecular flexibility index (Phi) is 12.6. The minimum absolute atomic E-state index is 0. The zero-order valence-electron chi connectivity index (χ0n) is 19.8. The fourth-order valence-corrected chi connectivity index (χ4v) is 3.98. The summed E-state index contributed by atoms with van der Waals surface area (Å²) in [5.74, 6) is 2.26. The molecule has 1 aromatic carbocycles. The third-order valence-corrected chi connectivity index (χ3v) is 5.81. The molecule has 2 rings (SSSR count). The number of ether oxygens (including phenoxy) is 3. The lowest BCUT2D eigenvalue weighted by molar-refractivity contribution is 0.119. The smallest absolute Gasteiger partial charge is 0.194 e. The van der Waals surface area contributed by atoms with Crippen LogP contribution in [-0.2, 0) is 24.2 Å². The number of nitrogens with zero attached hydrogens (tertiary/aromatic N) is 3. The molecule has 0 aliphatic carbocycles. The van der Waals surface area contributed by atoms with Crippen LogP contribution in [0.15, 0.2) is 35.2 Å². The van der Waals surface area contributed by atoms with E-state index in [4.69, 9.17) is 19.2 Å². The van der Waals surface area contributed by atoms with E-state index in [9.17, 15) is 0 Å². The second kappa shape index (κ2) is 14.3. The number of methoxy groups -OCH3 is 3. The average molecular weight is 575 g/mol. The Hall–Kier alpha value is -1.85. The largest absolute Gasteiger partial charge is 0.493 e. The maximum absolute atomic E-state index is 5.53. The normalized spacial score (nSPS) is 12.0. The van der Waals surface area contributed by atoms with E-state index in [2.05, 4.69) is 40.1 Å². The summed E-state index contributed by atoms with van der Waals surface area (Å²) in [5.41, 5.74) is 3.07. The van der Waals surface area contributed by atoms with E-state index in [1.807, 2.05) is 26.1 Å². The van der Waals surface area contributed by atoms with Crippen molar-refractivity contribution < 1.29 is 14.2 Å². The van der Waals surface area contributed by atoms with E-state index in [0.29, 0.717) is 25.3 Å². The number of nitrogens with one attached hydrogen (secondary N) is 1. The molecule has 1 N–H and O–H groups in total. The Labute approximate surface area is 212 Å². The first-order chi connectivity index (χ1) is 15.0. The molecule has 0 bridgehead atoms. The molecular weight excluding hydrogens is 539 g/mol. The van der Waals surface area contributed by atoms with Crippen molar-refractivity contribution in [1.82, 2.24) is 15.2 Å². The summed E-state index contributed by atoms with van der Waals surface area (Å²) in [6.07, 6.45) is 2.55. The summed E-state index contributed by atoms with van der Waals surface area (Å²) in [7, 11) is 7.01. The van der Waals surface area contributed by atoms with Gasteiger partial charge in [-0.15, -0.1) is 41.9 Å². The molecule has 1 unspecified atom stereocenters. The van der Waals surface area contributed by atoms with Crippen LogP contribution in [0.1, 0.15) is 41.8 Å². The maximum Gasteiger partial charge on any atom is 0.194 e. The molecule has 0 saturated carbocycles. The first-order valence-corrected chi connectivity index (χ1v) is 11.2. The summed E-state index contributed by atoms with van der Waals surface area (Å²) in [4.78, 5) is 11.6. The molecular formula is C23H35IN4O3S. The second-order valence-corrected chi connectivity index (χ2v) is 7.95. The van der Waals surface area contributed by atoms with Crippen LogP contribution < -0.4 is 14.8 Å². The lowest BCUT2D eigenvalue weighted by Gasteiger charge is -2.21. The quantitative estimate of drug-likeness (QED) is 0.180. The topological polar surface area (TPSA) is 68.2 Å². The molecule has 0 radical (unpaired) electrons. The average Bonchev–Trinajstić information content (AvgIpc) is 3.24. The number of halogens is 1. The summed E-state index contributed by atoms with van der Waals surface area (Å²) in [5, 5.41) is 6.41. The lowest BCUT2D eigenvalue weighted by atomic mass is 10.1. The van der Waals surface area contributed by atoms with Crippen LogP contribution in [0.2, 0.25) is 0 Å². The molecule has 1 atom stereocenters. The minimum Gasteiger partial charge on any atom is -0.493 e. The van der Waals surface area contributed by atoms with Gasteiger partial charge in [-0.3, -0.25) is 0 Å². The predicted octanol–water partition coefficient (Wildman–Crippen LogP) is 4.81. The van der Waals surface area contributed by atoms with Crippen LogP contribution in [-0.4, -0.2) is 50.8 Å². The molecule has 0 amide bonds. The Bertz CT molecular complexity index is 888. The Balaban J connectivity index is 0.00000512. The van der Waals surface area contributed by atoms with Crippen LogP contribution in [0.4, 0.5) is 0 Å². The highest BCUT2D eigenvalue weighted by Gasteiger charge is 2.14. The van der Waals surface area contributed by atoms with E-state index in [1.165, 1.54) is 0 Å². The van der Waals surface area contributed by atoms with Gasteiger partial charge < -0.3 is 24.4 Å². The van der Waals surface area contributed by atoms with Gasteiger partial charge in [0.05, 0.1) is 33.0 Å². The molecule has 0 fully saturated rings. The van der Waals surface area contributed by atoms with E-state index in [1.54, 1.807) is 32.7 Å². The fourth-order valence-electron chi connectivity index (χ4n) is 3.14. The summed E-state index contributed by atoms with van der Waals surface area (Å²) >= 11 is 1.62. The molecule has 0 aliphatic rings. The second-order valence-electron chi connectivity index (χ2n) is 7.06. The number of thiazole rings is 1. The highest BCUT2D eigenvalue weighted by atomic mass is 127. The Morgan fingerprint density at radius 2 is 2.06 bits per heavy atom. The predicted molar refractivity (Wildman–Crippen MR) is 143 cm³/mol. The number of hydrogen-bond acceptors (Lipinski definition) is 6. The van der Waals surface area contributed by atoms with E-state index in [-0.39, 0.29) is 30.1 Å². The molecule has 1 heterocycles. The van der Waals surface area contributed by atoms with Gasteiger partial charge in [0.25, 0.3) is 0 Å². The van der Waals surface area contributed by atoms with Crippen molar-refractivity contribution in [3.8, 4) is 11.5 Å². The van der Waals surface area contributed by atoms with Crippen LogP contribution in [0.25, 0.3) is 0 Å². The molecule has 2 aromatic rings. The Morgan fingerprint density at radius 3 is 2.66 bits per heavy atom. The molecule has 1 aromatic heterocycles. The van der Waals surface area contributed by atoms with Crippen molar-refractivity contribution in [1.29, 1.82) is 0 Å². The Morgan fingerprint density at radius 1 is 1.31 bits per heavy atom. The van der Waals surface area contributed by atoms with Gasteiger partial charge in [-0.1, -0.05) is 6.08 Å². The standard InChI is InChI=1S/C23H34N4O3S.HI/c1-8-10-18-11-17(12-20(29-6)21(18)30-7)13-25-23(24-9-2)27(4)14-19-15-31-22(26-19)16(3)28-5;/h8,11-12,15-16H,1,9-10,13-14H2,2-7H3,(H,24,25);1H. The van der Waals surface area contributed by atoms with E-state index < -0.39 is 0 Å². The fraction of sp³-hybridized carbons (Fsp3) is 0.478. The SMILES string of the molecule is C=CCc1cc(CN=C(NCC)N(C)Cc2csc(C(C)OC)n2)cc(OC)c1OC.I. The van der Waals surface area contributed by atoms with Crippen molar-refractivity contribution in [2.75, 3.05) is 34.9 Å². The summed E-state index contributed by atoms with van der Waals surface area (Å²) in [6.45, 7) is 9.85. The van der Waals surface area contributed by atoms with Crippen LogP contribution in [0, 0.1) is 0 Å². The zero-order chi connectivity index (χ0) is 22.8. The first-order valence-electron chi connectivity index (χ1n) is 10.3. The molecule has 9 heteroatoms. The summed E-state index contributed by atoms with van der Waals surface area (Å²) < 4.78 is 16.4. The lowest BCUT2D eigenvalue weighted by Crippen LogP contribution is -2.38. The number of rotatable bonds is 11. The number of aliphatic imine (C=N–C) groups is 1. The molecule has 0 aliphatic heterocycles. The van der Waals surface area contributed by atoms with Gasteiger partial charge in [0, 0.05) is 31.6 Å². The van der Waals surface area contributed by atoms with Crippen molar-refractivity contribution in [2.45, 2.75) is 39.5 Å². The van der Waals surface area contributed by atoms with Gasteiger partial charge in [0.15, 0.2) is 17.5 Å². The van der Waals surface area contributed by atoms with E-state index in [0.717, 1.165) is 40.1 Å². The maximum atomic E-state index is 5.53. The van der Waals surface area contributed by atoms with Gasteiger partial charge in [-0.2, -0.15) is 0 Å². The highest BCUT2D eigenvalue weighted by molar-refractivity contribution is 14.0. The van der Waals surface area contributed by atoms with Crippen molar-refractivity contribution in [3.05, 3.63) is 52.0 Å². The number of benzene rings is 1. The van der Waals surface area contributed by atoms with Crippen molar-refractivity contribution in [2.24, 2.45) is 4.99 Å². The van der Waals surface area contributed by atoms with Gasteiger partial charge in [0.1, 0.15) is 11.1 Å². The third-order valence-electron chi connectivity index (χ3n) is 4.76. The third kappa shape index (κ3) is 7.63. The number of hydrogen-bond donors (Lipinski definition) is 1. The molecule has 32 heavy (non-hydrogen) atoms. The van der Waals surface area contributed by atoms with Crippen LogP contribution in [0.5, 0.6) is 11.5 Å². The van der Waals surface area contributed by atoms with Crippen molar-refractivity contribution >= 4 is 41.3 Å². The number of aromatic nitrogens is 1. The molecule has 7 nitrogen and oxygen atoms in total. The first kappa shape index (κ1) is 28.2. The van der Waals surface area contributed by atoms with Crippen LogP contribution in [0.3, 0.4) is 0 Å². The zero-order valence-corrected chi connectivity index (χ0v) is 23.0. The minimum atomic E-state index is 0. The highest BCUT2D eigenvalue weighted by Crippen LogP contribution is 2.33. The van der Waals surface area contributed by atoms with E-state index >= 15 is 0 Å². The van der Waals surface area contributed by atoms with Gasteiger partial charge in [-0.05, 0) is 38.0 Å². The van der Waals surface area contributed by atoms with Crippen LogP contribution >= 0.6 is 35.3 Å². The number of guanidine groups is 1. The van der Waals surface area contributed by atoms with Crippen molar-refractivity contribution in [3.63, 3.8) is 0 Å². The van der Waals surface area contributed by atoms with Gasteiger partial charge >= 0.3 is 0 Å². The monoisotopic (exact) mass is 574 g/mol. The summed E-state index contributed by atoms with van der Waals surface area (Å²) in [6, 6.07) is 4.06. The number of allylic oxidation sites excluding steroid dienone is 1. The molecule has 0 saturated heterocycles. The molecule has 0 spiro atoms. The van der Waals surface area contributed by atoms with Gasteiger partial charge in [-0.25, -0.2) is 9.98 Å².